The molecule has 0 unspecified atom stereocenters. The van der Waals surface area contributed by atoms with Gasteiger partial charge in [-0.2, -0.15) is 0 Å². The van der Waals surface area contributed by atoms with Crippen molar-refractivity contribution in [2.24, 2.45) is 0 Å². The van der Waals surface area contributed by atoms with Gasteiger partial charge in [-0.1, -0.05) is 173 Å². The zero-order valence-corrected chi connectivity index (χ0v) is 31.2. The van der Waals surface area contributed by atoms with E-state index in [2.05, 4.69) is 26.0 Å². The summed E-state index contributed by atoms with van der Waals surface area (Å²) in [6.45, 7) is 4.54. The third-order valence-corrected chi connectivity index (χ3v) is 9.89. The van der Waals surface area contributed by atoms with Crippen LogP contribution in [0.4, 0.5) is 0 Å². The van der Waals surface area contributed by atoms with E-state index in [4.69, 9.17) is 0 Å². The first kappa shape index (κ1) is 40.6. The minimum atomic E-state index is -4.49. The molecule has 0 atom stereocenters. The Kier molecular flexibility index (Phi) is 24.3. The van der Waals surface area contributed by atoms with Crippen molar-refractivity contribution in [3.63, 3.8) is 0 Å². The van der Waals surface area contributed by atoms with Gasteiger partial charge in [0.2, 0.25) is 0 Å². The van der Waals surface area contributed by atoms with E-state index < -0.39 is 10.1 Å². The maximum Gasteiger partial charge on any atom is 1.00 e. The van der Waals surface area contributed by atoms with Crippen LogP contribution in [0.1, 0.15) is 179 Å². The summed E-state index contributed by atoms with van der Waals surface area (Å²) in [5.41, 5.74) is 2.01. The summed E-state index contributed by atoms with van der Waals surface area (Å²) in [4.78, 5) is -0.0215. The molecule has 0 fully saturated rings. The van der Waals surface area contributed by atoms with Crippen LogP contribution in [-0.2, 0) is 23.0 Å². The van der Waals surface area contributed by atoms with Crippen molar-refractivity contribution in [1.82, 2.24) is 0 Å². The summed E-state index contributed by atoms with van der Waals surface area (Å²) in [5.74, 6) is 0. The van der Waals surface area contributed by atoms with Gasteiger partial charge in [0.1, 0.15) is 10.1 Å². The molecular weight excluding hydrogens is 559 g/mol. The van der Waals surface area contributed by atoms with Crippen LogP contribution in [0.2, 0.25) is 0 Å². The van der Waals surface area contributed by atoms with Crippen molar-refractivity contribution in [3.05, 3.63) is 41.5 Å². The SMILES string of the molecule is CCCCCCCCCCCCCCc1ccc2cc(S(=O)(=O)[O-])c(CCCCCCCCCCCCCC)cc2c1.[Na+]. The first-order valence-corrected chi connectivity index (χ1v) is 19.4. The topological polar surface area (TPSA) is 57.2 Å². The van der Waals surface area contributed by atoms with E-state index in [1.54, 1.807) is 6.07 Å². The molecular formula is C38H63NaO3S. The van der Waals surface area contributed by atoms with Gasteiger partial charge in [0.15, 0.2) is 0 Å². The maximum atomic E-state index is 12.1. The monoisotopic (exact) mass is 622 g/mol. The second kappa shape index (κ2) is 25.8. The fraction of sp³-hybridized carbons (Fsp3) is 0.737. The Balaban J connectivity index is 0.00000924. The summed E-state index contributed by atoms with van der Waals surface area (Å²) in [6, 6.07) is 9.90. The van der Waals surface area contributed by atoms with Crippen LogP contribution in [0.5, 0.6) is 0 Å². The zero-order valence-electron chi connectivity index (χ0n) is 28.4. The van der Waals surface area contributed by atoms with Crippen molar-refractivity contribution in [3.8, 4) is 0 Å². The van der Waals surface area contributed by atoms with E-state index in [1.807, 2.05) is 12.1 Å². The molecule has 0 heterocycles. The Morgan fingerprint density at radius 3 is 1.30 bits per heavy atom. The van der Waals surface area contributed by atoms with Gasteiger partial charge in [-0.15, -0.1) is 0 Å². The average molecular weight is 623 g/mol. The molecule has 0 amide bonds. The molecule has 0 N–H and O–H groups in total. The molecule has 0 aliphatic rings. The molecule has 0 bridgehead atoms. The number of fused-ring (bicyclic) bond motifs is 1. The van der Waals surface area contributed by atoms with Crippen LogP contribution in [0.3, 0.4) is 0 Å². The smallest absolute Gasteiger partial charge is 0.744 e. The van der Waals surface area contributed by atoms with Gasteiger partial charge in [0, 0.05) is 0 Å². The Morgan fingerprint density at radius 2 is 0.884 bits per heavy atom. The Morgan fingerprint density at radius 1 is 0.488 bits per heavy atom. The van der Waals surface area contributed by atoms with Crippen LogP contribution in [-0.4, -0.2) is 13.0 Å². The molecule has 43 heavy (non-hydrogen) atoms. The molecule has 0 aliphatic heterocycles. The van der Waals surface area contributed by atoms with Crippen LogP contribution in [0, 0.1) is 0 Å². The third kappa shape index (κ3) is 19.0. The normalized spacial score (nSPS) is 11.7. The first-order chi connectivity index (χ1) is 20.5. The van der Waals surface area contributed by atoms with E-state index in [-0.39, 0.29) is 34.5 Å². The predicted octanol–water partition coefficient (Wildman–Crippen LogP) is 9.24. The maximum absolute atomic E-state index is 12.1. The Labute approximate surface area is 288 Å². The number of rotatable bonds is 27. The molecule has 0 saturated carbocycles. The quantitative estimate of drug-likeness (QED) is 0.0567. The van der Waals surface area contributed by atoms with Gasteiger partial charge >= 0.3 is 29.6 Å². The molecule has 3 nitrogen and oxygen atoms in total. The van der Waals surface area contributed by atoms with Crippen LogP contribution in [0.15, 0.2) is 35.2 Å². The molecule has 5 heteroatoms. The summed E-state index contributed by atoms with van der Waals surface area (Å²) in [6.07, 6.45) is 33.2. The van der Waals surface area contributed by atoms with E-state index in [0.717, 1.165) is 30.0 Å². The largest absolute Gasteiger partial charge is 1.00 e. The number of benzene rings is 2. The van der Waals surface area contributed by atoms with Gasteiger partial charge in [0.25, 0.3) is 0 Å². The van der Waals surface area contributed by atoms with Gasteiger partial charge in [0.05, 0.1) is 4.90 Å². The zero-order chi connectivity index (χ0) is 30.3. The fourth-order valence-electron chi connectivity index (χ4n) is 6.28. The third-order valence-electron chi connectivity index (χ3n) is 8.97. The summed E-state index contributed by atoms with van der Waals surface area (Å²) >= 11 is 0. The first-order valence-electron chi connectivity index (χ1n) is 18.0. The molecule has 2 aromatic carbocycles. The standard InChI is InChI=1S/C38H64O3S.Na/c1-3-5-7-9-11-13-15-17-19-21-23-25-27-34-29-30-35-33-38(42(39,40)41)36(32-37(35)31-34)28-26-24-22-20-18-16-14-12-10-8-6-4-2;/h29-33H,3-28H2,1-2H3,(H,39,40,41);/q;+1/p-1. The van der Waals surface area contributed by atoms with Crippen molar-refractivity contribution in [2.45, 2.75) is 186 Å². The number of unbranched alkanes of at least 4 members (excludes halogenated alkanes) is 22. The van der Waals surface area contributed by atoms with E-state index in [0.29, 0.717) is 12.0 Å². The summed E-state index contributed by atoms with van der Waals surface area (Å²) in [7, 11) is -4.49. The number of hydrogen-bond acceptors (Lipinski definition) is 3. The molecule has 0 aromatic heterocycles. The minimum Gasteiger partial charge on any atom is -0.744 e. The molecule has 2 aromatic rings. The van der Waals surface area contributed by atoms with Crippen LogP contribution >= 0.6 is 0 Å². The van der Waals surface area contributed by atoms with Gasteiger partial charge in [-0.05, 0) is 59.7 Å². The van der Waals surface area contributed by atoms with Gasteiger partial charge in [-0.3, -0.25) is 0 Å². The number of hydrogen-bond donors (Lipinski definition) is 0. The molecule has 0 spiro atoms. The molecule has 0 saturated heterocycles. The Bertz CT molecular complexity index is 1070. The van der Waals surface area contributed by atoms with Crippen molar-refractivity contribution >= 4 is 20.9 Å². The molecule has 240 valence electrons. The van der Waals surface area contributed by atoms with E-state index >= 15 is 0 Å². The minimum absolute atomic E-state index is 0. The van der Waals surface area contributed by atoms with Crippen molar-refractivity contribution in [1.29, 1.82) is 0 Å². The second-order valence-corrected chi connectivity index (χ2v) is 14.2. The van der Waals surface area contributed by atoms with E-state index in [9.17, 15) is 13.0 Å². The van der Waals surface area contributed by atoms with Crippen LogP contribution in [0.25, 0.3) is 10.8 Å². The molecule has 0 aliphatic carbocycles. The fourth-order valence-corrected chi connectivity index (χ4v) is 7.04. The molecule has 0 radical (unpaired) electrons. The summed E-state index contributed by atoms with van der Waals surface area (Å²) < 4.78 is 36.2. The molecule has 2 rings (SSSR count). The van der Waals surface area contributed by atoms with Gasteiger partial charge < -0.3 is 4.55 Å². The van der Waals surface area contributed by atoms with Crippen LogP contribution < -0.4 is 29.6 Å². The number of aryl methyl sites for hydroxylation is 2. The summed E-state index contributed by atoms with van der Waals surface area (Å²) in [5, 5.41) is 1.91. The Hall–Kier alpha value is -0.390. The second-order valence-electron chi connectivity index (χ2n) is 12.9. The van der Waals surface area contributed by atoms with E-state index in [1.165, 1.54) is 147 Å². The predicted molar refractivity (Wildman–Crippen MR) is 181 cm³/mol. The van der Waals surface area contributed by atoms with Gasteiger partial charge in [-0.25, -0.2) is 8.42 Å². The van der Waals surface area contributed by atoms with Crippen molar-refractivity contribution < 1.29 is 42.5 Å². The average Bonchev–Trinajstić information content (AvgIpc) is 2.97. The van der Waals surface area contributed by atoms with Crippen molar-refractivity contribution in [2.75, 3.05) is 0 Å².